The minimum atomic E-state index is -1.30. The van der Waals surface area contributed by atoms with Crippen molar-refractivity contribution < 1.29 is 29.1 Å². The first kappa shape index (κ1) is 28.1. The summed E-state index contributed by atoms with van der Waals surface area (Å²) in [5.74, 6) is -2.94. The maximum atomic E-state index is 13.1. The molecule has 1 aromatic heterocycles. The smallest absolute Gasteiger partial charge is 0.326 e. The zero-order valence-corrected chi connectivity index (χ0v) is 20.4. The Morgan fingerprint density at radius 3 is 2.60 bits per heavy atom. The molecule has 1 fully saturated rings. The van der Waals surface area contributed by atoms with Crippen LogP contribution in [-0.4, -0.2) is 92.3 Å². The van der Waals surface area contributed by atoms with Gasteiger partial charge in [0.05, 0.1) is 12.4 Å². The summed E-state index contributed by atoms with van der Waals surface area (Å²) < 4.78 is 0. The molecule has 0 aromatic carbocycles. The number of hydrogen-bond acceptors (Lipinski definition) is 8. The van der Waals surface area contributed by atoms with Crippen LogP contribution >= 0.6 is 11.8 Å². The van der Waals surface area contributed by atoms with Crippen LogP contribution in [0.3, 0.4) is 0 Å². The van der Waals surface area contributed by atoms with E-state index in [4.69, 9.17) is 11.5 Å². The van der Waals surface area contributed by atoms with Crippen molar-refractivity contribution in [1.82, 2.24) is 25.5 Å². The van der Waals surface area contributed by atoms with Crippen molar-refractivity contribution >= 4 is 41.4 Å². The summed E-state index contributed by atoms with van der Waals surface area (Å²) in [4.78, 5) is 69.7. The van der Waals surface area contributed by atoms with E-state index in [9.17, 15) is 29.1 Å². The number of aliphatic carboxylic acids is 1. The summed E-state index contributed by atoms with van der Waals surface area (Å²) in [5.41, 5.74) is 11.7. The monoisotopic (exact) mass is 511 g/mol. The van der Waals surface area contributed by atoms with Crippen molar-refractivity contribution in [2.45, 2.75) is 62.7 Å². The first-order valence-corrected chi connectivity index (χ1v) is 12.7. The Morgan fingerprint density at radius 1 is 1.26 bits per heavy atom. The summed E-state index contributed by atoms with van der Waals surface area (Å²) in [6, 6.07) is -4.06. The molecule has 4 unspecified atom stereocenters. The molecule has 1 aliphatic heterocycles. The van der Waals surface area contributed by atoms with E-state index < -0.39 is 47.9 Å². The van der Waals surface area contributed by atoms with Gasteiger partial charge in [-0.25, -0.2) is 9.78 Å². The number of rotatable bonds is 14. The van der Waals surface area contributed by atoms with Gasteiger partial charge in [0.2, 0.25) is 23.6 Å². The SMILES string of the molecule is CSCCC(N)C(=O)N1CCCC1C(=O)NC(CCC(N)=O)C(=O)NC(Cc1cnc[nH]1)C(=O)O. The number of aromatic nitrogens is 2. The molecule has 0 aliphatic carbocycles. The largest absolute Gasteiger partial charge is 0.480 e. The second-order valence-corrected chi connectivity index (χ2v) is 9.31. The fourth-order valence-corrected chi connectivity index (χ4v) is 4.29. The number of carboxylic acid groups (broad SMARTS) is 1. The first-order chi connectivity index (χ1) is 16.6. The fourth-order valence-electron chi connectivity index (χ4n) is 3.80. The molecule has 1 saturated heterocycles. The average molecular weight is 512 g/mol. The number of aromatic amines is 1. The number of carbonyl (C=O) groups is 5. The van der Waals surface area contributed by atoms with Gasteiger partial charge in [-0.1, -0.05) is 0 Å². The van der Waals surface area contributed by atoms with Crippen molar-refractivity contribution in [1.29, 1.82) is 0 Å². The van der Waals surface area contributed by atoms with Crippen molar-refractivity contribution in [3.05, 3.63) is 18.2 Å². The van der Waals surface area contributed by atoms with Crippen molar-refractivity contribution in [2.24, 2.45) is 11.5 Å². The van der Waals surface area contributed by atoms with Gasteiger partial charge in [0.1, 0.15) is 18.1 Å². The normalized spacial score (nSPS) is 17.9. The fraction of sp³-hybridized carbons (Fsp3) is 0.619. The first-order valence-electron chi connectivity index (χ1n) is 11.3. The van der Waals surface area contributed by atoms with Gasteiger partial charge in [-0.15, -0.1) is 0 Å². The molecule has 1 aromatic rings. The Bertz CT molecular complexity index is 897. The van der Waals surface area contributed by atoms with E-state index in [0.717, 1.165) is 0 Å². The Hall–Kier alpha value is -3.13. The zero-order valence-electron chi connectivity index (χ0n) is 19.6. The highest BCUT2D eigenvalue weighted by Gasteiger charge is 2.38. The van der Waals surface area contributed by atoms with Crippen LogP contribution in [-0.2, 0) is 30.4 Å². The summed E-state index contributed by atoms with van der Waals surface area (Å²) in [5, 5.41) is 14.5. The predicted molar refractivity (Wildman–Crippen MR) is 128 cm³/mol. The number of amides is 4. The number of thioether (sulfide) groups is 1. The molecule has 13 nitrogen and oxygen atoms in total. The lowest BCUT2D eigenvalue weighted by Crippen LogP contribution is -2.57. The summed E-state index contributed by atoms with van der Waals surface area (Å²) in [7, 11) is 0. The Labute approximate surface area is 207 Å². The molecule has 194 valence electrons. The number of imidazole rings is 1. The van der Waals surface area contributed by atoms with Crippen LogP contribution in [0.4, 0.5) is 0 Å². The van der Waals surface area contributed by atoms with Crippen molar-refractivity contribution in [2.75, 3.05) is 18.6 Å². The molecule has 4 atom stereocenters. The van der Waals surface area contributed by atoms with Gasteiger partial charge in [0.15, 0.2) is 0 Å². The molecule has 0 radical (unpaired) electrons. The van der Waals surface area contributed by atoms with E-state index >= 15 is 0 Å². The standard InChI is InChI=1S/C21H33N7O6S/c1-35-8-6-13(22)20(32)28-7-2-3-16(28)19(31)26-14(4-5-17(23)29)18(30)27-15(21(33)34)9-12-10-24-11-25-12/h10-11,13-16H,2-9,22H2,1H3,(H2,23,29)(H,24,25)(H,26,31)(H,27,30)(H,33,34). The van der Waals surface area contributed by atoms with Crippen LogP contribution in [0.2, 0.25) is 0 Å². The van der Waals surface area contributed by atoms with Gasteiger partial charge in [0.25, 0.3) is 0 Å². The number of hydrogen-bond donors (Lipinski definition) is 6. The molecule has 4 amide bonds. The molecule has 0 bridgehead atoms. The topological polar surface area (TPSA) is 214 Å². The van der Waals surface area contributed by atoms with E-state index in [0.29, 0.717) is 37.3 Å². The Morgan fingerprint density at radius 2 is 2.00 bits per heavy atom. The maximum absolute atomic E-state index is 13.1. The molecule has 14 heteroatoms. The molecular formula is C21H33N7O6S. The number of likely N-dealkylation sites (tertiary alicyclic amines) is 1. The van der Waals surface area contributed by atoms with Gasteiger partial charge < -0.3 is 37.1 Å². The zero-order chi connectivity index (χ0) is 26.0. The number of carboxylic acids is 1. The number of nitrogens with zero attached hydrogens (tertiary/aromatic N) is 2. The third-order valence-electron chi connectivity index (χ3n) is 5.69. The number of nitrogens with two attached hydrogens (primary N) is 2. The highest BCUT2D eigenvalue weighted by atomic mass is 32.2. The lowest BCUT2D eigenvalue weighted by molar-refractivity contribution is -0.143. The Balaban J connectivity index is 2.09. The molecule has 0 spiro atoms. The molecular weight excluding hydrogens is 478 g/mol. The number of carbonyl (C=O) groups excluding carboxylic acids is 4. The van der Waals surface area contributed by atoms with Crippen LogP contribution in [0.15, 0.2) is 12.5 Å². The maximum Gasteiger partial charge on any atom is 0.326 e. The summed E-state index contributed by atoms with van der Waals surface area (Å²) in [6.45, 7) is 0.368. The van der Waals surface area contributed by atoms with Gasteiger partial charge in [0, 0.05) is 31.3 Å². The molecule has 2 rings (SSSR count). The lowest BCUT2D eigenvalue weighted by atomic mass is 10.1. The van der Waals surface area contributed by atoms with E-state index in [2.05, 4.69) is 20.6 Å². The summed E-state index contributed by atoms with van der Waals surface area (Å²) in [6.07, 6.45) is 5.80. The molecule has 1 aliphatic rings. The third-order valence-corrected chi connectivity index (χ3v) is 6.34. The van der Waals surface area contributed by atoms with Gasteiger partial charge in [-0.3, -0.25) is 19.2 Å². The average Bonchev–Trinajstić information content (AvgIpc) is 3.51. The number of nitrogens with one attached hydrogen (secondary N) is 3. The minimum Gasteiger partial charge on any atom is -0.480 e. The van der Waals surface area contributed by atoms with Gasteiger partial charge >= 0.3 is 5.97 Å². The molecule has 0 saturated carbocycles. The second-order valence-electron chi connectivity index (χ2n) is 8.32. The second kappa shape index (κ2) is 13.7. The number of H-pyrrole nitrogens is 1. The van der Waals surface area contributed by atoms with Crippen LogP contribution < -0.4 is 22.1 Å². The number of primary amides is 1. The predicted octanol–water partition coefficient (Wildman–Crippen LogP) is -1.66. The minimum absolute atomic E-state index is 0.0591. The van der Waals surface area contributed by atoms with Crippen molar-refractivity contribution in [3.8, 4) is 0 Å². The van der Waals surface area contributed by atoms with Crippen LogP contribution in [0.1, 0.15) is 37.8 Å². The van der Waals surface area contributed by atoms with E-state index in [1.807, 2.05) is 6.26 Å². The van der Waals surface area contributed by atoms with Crippen LogP contribution in [0, 0.1) is 0 Å². The lowest BCUT2D eigenvalue weighted by Gasteiger charge is -2.28. The molecule has 8 N–H and O–H groups in total. The van der Waals surface area contributed by atoms with E-state index in [1.165, 1.54) is 17.4 Å². The third kappa shape index (κ3) is 8.55. The highest BCUT2D eigenvalue weighted by Crippen LogP contribution is 2.19. The Kier molecular flexibility index (Phi) is 11.0. The van der Waals surface area contributed by atoms with Gasteiger partial charge in [-0.05, 0) is 37.7 Å². The van der Waals surface area contributed by atoms with Crippen LogP contribution in [0.25, 0.3) is 0 Å². The quantitative estimate of drug-likeness (QED) is 0.168. The highest BCUT2D eigenvalue weighted by molar-refractivity contribution is 7.98. The molecule has 2 heterocycles. The van der Waals surface area contributed by atoms with E-state index in [-0.39, 0.29) is 25.2 Å². The molecule has 35 heavy (non-hydrogen) atoms. The summed E-state index contributed by atoms with van der Waals surface area (Å²) >= 11 is 1.56. The van der Waals surface area contributed by atoms with Crippen LogP contribution in [0.5, 0.6) is 0 Å². The van der Waals surface area contributed by atoms with Gasteiger partial charge in [-0.2, -0.15) is 11.8 Å². The van der Waals surface area contributed by atoms with Crippen molar-refractivity contribution in [3.63, 3.8) is 0 Å². The van der Waals surface area contributed by atoms with E-state index in [1.54, 1.807) is 11.8 Å².